The number of nitriles is 1. The van der Waals surface area contributed by atoms with Crippen molar-refractivity contribution in [2.45, 2.75) is 26.9 Å². The zero-order valence-corrected chi connectivity index (χ0v) is 15.4. The van der Waals surface area contributed by atoms with Crippen LogP contribution in [-0.4, -0.2) is 25.6 Å². The number of ether oxygens (including phenoxy) is 1. The maximum absolute atomic E-state index is 12.1. The molecule has 0 unspecified atom stereocenters. The molecule has 5 nitrogen and oxygen atoms in total. The molecule has 26 heavy (non-hydrogen) atoms. The molecule has 0 heterocycles. The van der Waals surface area contributed by atoms with Crippen LogP contribution in [0.25, 0.3) is 0 Å². The number of hydrogen-bond donors (Lipinski definition) is 2. The van der Waals surface area contributed by atoms with Gasteiger partial charge in [-0.15, -0.1) is 0 Å². The Kier molecular flexibility index (Phi) is 7.66. The first-order valence-corrected chi connectivity index (χ1v) is 8.96. The van der Waals surface area contributed by atoms with E-state index in [9.17, 15) is 4.79 Å². The van der Waals surface area contributed by atoms with Gasteiger partial charge in [-0.25, -0.2) is 0 Å². The Bertz CT molecular complexity index is 747. The van der Waals surface area contributed by atoms with E-state index in [1.54, 1.807) is 24.3 Å². The number of quaternary nitrogens is 1. The molecule has 1 amide bonds. The van der Waals surface area contributed by atoms with Crippen molar-refractivity contribution in [3.8, 4) is 11.8 Å². The summed E-state index contributed by atoms with van der Waals surface area (Å²) in [7, 11) is 0. The maximum Gasteiger partial charge on any atom is 0.258 e. The Hall–Kier alpha value is -2.84. The zero-order valence-electron chi connectivity index (χ0n) is 15.4. The summed E-state index contributed by atoms with van der Waals surface area (Å²) in [4.78, 5) is 13.6. The van der Waals surface area contributed by atoms with Crippen molar-refractivity contribution >= 4 is 5.91 Å². The van der Waals surface area contributed by atoms with E-state index in [2.05, 4.69) is 31.3 Å². The minimum atomic E-state index is -0.167. The second kappa shape index (κ2) is 10.2. The van der Waals surface area contributed by atoms with Gasteiger partial charge in [0.2, 0.25) is 0 Å². The molecule has 2 N–H and O–H groups in total. The molecule has 0 radical (unpaired) electrons. The SMILES string of the molecule is CC[NH+](CC)Cc1ccccc1CNC(=O)COc1ccc(C#N)cc1. The molecule has 2 aromatic carbocycles. The number of benzene rings is 2. The number of hydrogen-bond acceptors (Lipinski definition) is 3. The molecule has 2 aromatic rings. The Morgan fingerprint density at radius 1 is 1.08 bits per heavy atom. The number of carbonyl (C=O) groups excluding carboxylic acids is 1. The van der Waals surface area contributed by atoms with E-state index < -0.39 is 0 Å². The lowest BCUT2D eigenvalue weighted by Gasteiger charge is -2.18. The largest absolute Gasteiger partial charge is 0.484 e. The van der Waals surface area contributed by atoms with Gasteiger partial charge >= 0.3 is 0 Å². The van der Waals surface area contributed by atoms with Gasteiger partial charge in [-0.2, -0.15) is 5.26 Å². The lowest BCUT2D eigenvalue weighted by molar-refractivity contribution is -0.910. The highest BCUT2D eigenvalue weighted by Gasteiger charge is 2.10. The van der Waals surface area contributed by atoms with Gasteiger partial charge in [0.25, 0.3) is 5.91 Å². The second-order valence-corrected chi connectivity index (χ2v) is 6.10. The molecule has 0 atom stereocenters. The Morgan fingerprint density at radius 2 is 1.73 bits per heavy atom. The Balaban J connectivity index is 1.86. The van der Waals surface area contributed by atoms with Gasteiger partial charge in [0.15, 0.2) is 6.61 Å². The molecule has 136 valence electrons. The van der Waals surface area contributed by atoms with E-state index >= 15 is 0 Å². The van der Waals surface area contributed by atoms with Crippen molar-refractivity contribution in [1.29, 1.82) is 5.26 Å². The van der Waals surface area contributed by atoms with Crippen LogP contribution in [0.5, 0.6) is 5.75 Å². The predicted octanol–water partition coefficient (Wildman–Crippen LogP) is 1.68. The van der Waals surface area contributed by atoms with E-state index in [0.717, 1.165) is 25.2 Å². The highest BCUT2D eigenvalue weighted by Crippen LogP contribution is 2.11. The van der Waals surface area contributed by atoms with E-state index in [1.165, 1.54) is 10.5 Å². The average Bonchev–Trinajstić information content (AvgIpc) is 2.70. The quantitative estimate of drug-likeness (QED) is 0.722. The van der Waals surface area contributed by atoms with Gasteiger partial charge in [-0.3, -0.25) is 4.79 Å². The second-order valence-electron chi connectivity index (χ2n) is 6.10. The third kappa shape index (κ3) is 5.91. The summed E-state index contributed by atoms with van der Waals surface area (Å²) in [6, 6.07) is 17.0. The fraction of sp³-hybridized carbons (Fsp3) is 0.333. The summed E-state index contributed by atoms with van der Waals surface area (Å²) in [5.41, 5.74) is 2.96. The lowest BCUT2D eigenvalue weighted by Crippen LogP contribution is -3.10. The standard InChI is InChI=1S/C21H25N3O2/c1-3-24(4-2)15-19-8-6-5-7-18(19)14-23-21(25)16-26-20-11-9-17(13-22)10-12-20/h5-12H,3-4,14-16H2,1-2H3,(H,23,25)/p+1. The molecule has 0 aliphatic carbocycles. The lowest BCUT2D eigenvalue weighted by atomic mass is 10.1. The molecule has 0 fully saturated rings. The third-order valence-electron chi connectivity index (χ3n) is 4.39. The fourth-order valence-corrected chi connectivity index (χ4v) is 2.69. The van der Waals surface area contributed by atoms with Crippen LogP contribution in [0.2, 0.25) is 0 Å². The first-order valence-electron chi connectivity index (χ1n) is 8.96. The minimum Gasteiger partial charge on any atom is -0.484 e. The van der Waals surface area contributed by atoms with Gasteiger partial charge in [-0.05, 0) is 43.7 Å². The van der Waals surface area contributed by atoms with Crippen molar-refractivity contribution in [3.63, 3.8) is 0 Å². The van der Waals surface area contributed by atoms with Crippen LogP contribution >= 0.6 is 0 Å². The van der Waals surface area contributed by atoms with Crippen LogP contribution in [0.3, 0.4) is 0 Å². The van der Waals surface area contributed by atoms with E-state index in [-0.39, 0.29) is 12.5 Å². The van der Waals surface area contributed by atoms with Crippen LogP contribution in [0.4, 0.5) is 0 Å². The molecular weight excluding hydrogens is 326 g/mol. The van der Waals surface area contributed by atoms with Crippen LogP contribution in [0.15, 0.2) is 48.5 Å². The fourth-order valence-electron chi connectivity index (χ4n) is 2.69. The van der Waals surface area contributed by atoms with Gasteiger partial charge < -0.3 is 15.0 Å². The van der Waals surface area contributed by atoms with Crippen molar-refractivity contribution in [3.05, 3.63) is 65.2 Å². The molecule has 0 saturated heterocycles. The summed E-state index contributed by atoms with van der Waals surface area (Å²) in [6.45, 7) is 7.93. The third-order valence-corrected chi connectivity index (χ3v) is 4.39. The zero-order chi connectivity index (χ0) is 18.8. The van der Waals surface area contributed by atoms with E-state index in [1.807, 2.05) is 18.2 Å². The van der Waals surface area contributed by atoms with E-state index in [4.69, 9.17) is 10.00 Å². The van der Waals surface area contributed by atoms with Crippen molar-refractivity contribution in [2.24, 2.45) is 0 Å². The summed E-state index contributed by atoms with van der Waals surface area (Å²) in [5.74, 6) is 0.407. The molecule has 0 spiro atoms. The Morgan fingerprint density at radius 3 is 2.35 bits per heavy atom. The van der Waals surface area contributed by atoms with Crippen LogP contribution in [0.1, 0.15) is 30.5 Å². The first kappa shape index (κ1) is 19.5. The van der Waals surface area contributed by atoms with E-state index in [0.29, 0.717) is 17.9 Å². The smallest absolute Gasteiger partial charge is 0.258 e. The highest BCUT2D eigenvalue weighted by atomic mass is 16.5. The number of nitrogens with one attached hydrogen (secondary N) is 2. The minimum absolute atomic E-state index is 0.0463. The molecular formula is C21H26N3O2+. The Labute approximate surface area is 155 Å². The number of rotatable bonds is 9. The van der Waals surface area contributed by atoms with Crippen molar-refractivity contribution < 1.29 is 14.4 Å². The molecule has 5 heteroatoms. The van der Waals surface area contributed by atoms with Gasteiger partial charge in [0, 0.05) is 12.1 Å². The van der Waals surface area contributed by atoms with Crippen LogP contribution in [-0.2, 0) is 17.9 Å². The van der Waals surface area contributed by atoms with Crippen molar-refractivity contribution in [2.75, 3.05) is 19.7 Å². The summed E-state index contributed by atoms with van der Waals surface area (Å²) >= 11 is 0. The van der Waals surface area contributed by atoms with Gasteiger partial charge in [0.05, 0.1) is 24.7 Å². The average molecular weight is 352 g/mol. The summed E-state index contributed by atoms with van der Waals surface area (Å²) in [6.07, 6.45) is 0. The first-order chi connectivity index (χ1) is 12.7. The number of amides is 1. The van der Waals surface area contributed by atoms with Crippen LogP contribution in [0, 0.1) is 11.3 Å². The maximum atomic E-state index is 12.1. The predicted molar refractivity (Wildman–Crippen MR) is 101 cm³/mol. The molecule has 0 aliphatic rings. The summed E-state index contributed by atoms with van der Waals surface area (Å²) in [5, 5.41) is 11.7. The number of carbonyl (C=O) groups is 1. The molecule has 0 saturated carbocycles. The van der Waals surface area contributed by atoms with Crippen LogP contribution < -0.4 is 15.0 Å². The normalized spacial score (nSPS) is 10.4. The summed E-state index contributed by atoms with van der Waals surface area (Å²) < 4.78 is 5.46. The highest BCUT2D eigenvalue weighted by molar-refractivity contribution is 5.77. The molecule has 2 rings (SSSR count). The topological polar surface area (TPSA) is 66.6 Å². The van der Waals surface area contributed by atoms with Crippen molar-refractivity contribution in [1.82, 2.24) is 5.32 Å². The monoisotopic (exact) mass is 352 g/mol. The van der Waals surface area contributed by atoms with Gasteiger partial charge in [0.1, 0.15) is 12.3 Å². The molecule has 0 aromatic heterocycles. The molecule has 0 aliphatic heterocycles. The number of nitrogens with zero attached hydrogens (tertiary/aromatic N) is 1. The molecule has 0 bridgehead atoms. The van der Waals surface area contributed by atoms with Gasteiger partial charge in [-0.1, -0.05) is 24.3 Å².